The maximum absolute atomic E-state index is 13.4. The summed E-state index contributed by atoms with van der Waals surface area (Å²) in [6, 6.07) is 16.3. The van der Waals surface area contributed by atoms with Crippen LogP contribution >= 0.6 is 12.4 Å². The second-order valence-corrected chi connectivity index (χ2v) is 10.4. The number of aliphatic carboxylic acids is 1. The Hall–Kier alpha value is -3.01. The Labute approximate surface area is 205 Å². The molecular formula is C24H27ClN4O4S. The van der Waals surface area contributed by atoms with Crippen molar-refractivity contribution < 1.29 is 18.3 Å². The molecule has 1 fully saturated rings. The number of carbonyl (C=O) groups is 1. The van der Waals surface area contributed by atoms with E-state index in [1.165, 1.54) is 41.2 Å². The van der Waals surface area contributed by atoms with Crippen LogP contribution in [0.2, 0.25) is 0 Å². The van der Waals surface area contributed by atoms with E-state index in [1.54, 1.807) is 24.3 Å². The van der Waals surface area contributed by atoms with Crippen LogP contribution in [-0.2, 0) is 33.3 Å². The molecule has 1 aliphatic rings. The van der Waals surface area contributed by atoms with E-state index in [2.05, 4.69) is 34.3 Å². The van der Waals surface area contributed by atoms with E-state index < -0.39 is 16.0 Å². The van der Waals surface area contributed by atoms with E-state index in [-0.39, 0.29) is 42.4 Å². The van der Waals surface area contributed by atoms with E-state index in [0.717, 1.165) is 5.56 Å². The van der Waals surface area contributed by atoms with Gasteiger partial charge in [-0.25, -0.2) is 13.4 Å². The number of nitrogens with zero attached hydrogens (tertiary/aromatic N) is 3. The molecular weight excluding hydrogens is 476 g/mol. The molecule has 0 spiro atoms. The molecule has 180 valence electrons. The molecule has 10 heteroatoms. The second-order valence-electron chi connectivity index (χ2n) is 8.48. The van der Waals surface area contributed by atoms with Gasteiger partial charge in [0.05, 0.1) is 12.2 Å². The largest absolute Gasteiger partial charge is 0.480 e. The van der Waals surface area contributed by atoms with Gasteiger partial charge in [-0.05, 0) is 53.6 Å². The van der Waals surface area contributed by atoms with Crippen molar-refractivity contribution in [1.29, 1.82) is 0 Å². The molecule has 0 aliphatic heterocycles. The number of hydrogen-bond donors (Lipinski definition) is 2. The highest BCUT2D eigenvalue weighted by molar-refractivity contribution is 7.89. The second kappa shape index (κ2) is 10.5. The van der Waals surface area contributed by atoms with E-state index in [1.807, 2.05) is 12.1 Å². The highest BCUT2D eigenvalue weighted by Crippen LogP contribution is 2.47. The molecule has 0 radical (unpaired) electrons. The van der Waals surface area contributed by atoms with Gasteiger partial charge in [0.1, 0.15) is 17.3 Å². The number of sulfonamides is 1. The molecule has 4 rings (SSSR count). The van der Waals surface area contributed by atoms with Crippen LogP contribution in [-0.4, -0.2) is 40.3 Å². The van der Waals surface area contributed by atoms with Crippen molar-refractivity contribution in [2.45, 2.75) is 43.2 Å². The van der Waals surface area contributed by atoms with Crippen molar-refractivity contribution in [3.05, 3.63) is 83.8 Å². The van der Waals surface area contributed by atoms with Gasteiger partial charge < -0.3 is 10.4 Å². The number of benzene rings is 1. The Kier molecular flexibility index (Phi) is 7.91. The topological polar surface area (TPSA) is 112 Å². The molecule has 2 N–H and O–H groups in total. The Balaban J connectivity index is 0.00000324. The van der Waals surface area contributed by atoms with Crippen molar-refractivity contribution in [2.75, 3.05) is 11.9 Å². The quantitative estimate of drug-likeness (QED) is 0.433. The number of pyridine rings is 2. The molecule has 0 unspecified atom stereocenters. The van der Waals surface area contributed by atoms with E-state index in [9.17, 15) is 13.2 Å². The van der Waals surface area contributed by atoms with Gasteiger partial charge in [0, 0.05) is 18.9 Å². The van der Waals surface area contributed by atoms with Crippen LogP contribution in [0.3, 0.4) is 0 Å². The fraction of sp³-hybridized carbons (Fsp3) is 0.292. The van der Waals surface area contributed by atoms with Gasteiger partial charge in [-0.3, -0.25) is 9.78 Å². The highest BCUT2D eigenvalue weighted by Gasteiger charge is 2.38. The maximum Gasteiger partial charge on any atom is 0.322 e. The van der Waals surface area contributed by atoms with Crippen LogP contribution in [0.1, 0.15) is 36.6 Å². The molecule has 0 atom stereocenters. The van der Waals surface area contributed by atoms with Crippen LogP contribution in [0.15, 0.2) is 71.9 Å². The monoisotopic (exact) mass is 502 g/mol. The van der Waals surface area contributed by atoms with Crippen LogP contribution in [0, 0.1) is 0 Å². The van der Waals surface area contributed by atoms with Gasteiger partial charge in [-0.2, -0.15) is 4.31 Å². The first kappa shape index (κ1) is 25.6. The average Bonchev–Trinajstić information content (AvgIpc) is 3.57. The smallest absolute Gasteiger partial charge is 0.322 e. The van der Waals surface area contributed by atoms with E-state index >= 15 is 0 Å². The molecule has 34 heavy (non-hydrogen) atoms. The summed E-state index contributed by atoms with van der Waals surface area (Å²) >= 11 is 0. The summed E-state index contributed by atoms with van der Waals surface area (Å²) in [5, 5.41) is 11.6. The summed E-state index contributed by atoms with van der Waals surface area (Å²) in [7, 11) is -3.85. The third kappa shape index (κ3) is 6.11. The number of aromatic nitrogens is 2. The summed E-state index contributed by atoms with van der Waals surface area (Å²) in [5.41, 5.74) is 2.88. The number of nitrogens with one attached hydrogen (secondary N) is 1. The molecule has 0 saturated heterocycles. The van der Waals surface area contributed by atoms with Gasteiger partial charge in [0.15, 0.2) is 0 Å². The third-order valence-electron chi connectivity index (χ3n) is 5.85. The fourth-order valence-corrected chi connectivity index (χ4v) is 4.94. The summed E-state index contributed by atoms with van der Waals surface area (Å²) in [5.74, 6) is -0.637. The van der Waals surface area contributed by atoms with E-state index in [0.29, 0.717) is 11.5 Å². The molecule has 8 nitrogen and oxygen atoms in total. The van der Waals surface area contributed by atoms with Crippen molar-refractivity contribution in [1.82, 2.24) is 14.3 Å². The summed E-state index contributed by atoms with van der Waals surface area (Å²) in [4.78, 5) is 19.3. The van der Waals surface area contributed by atoms with Crippen LogP contribution in [0.25, 0.3) is 0 Å². The first-order chi connectivity index (χ1) is 15.8. The van der Waals surface area contributed by atoms with Gasteiger partial charge >= 0.3 is 5.97 Å². The summed E-state index contributed by atoms with van der Waals surface area (Å²) in [6.45, 7) is 2.15. The predicted octanol–water partition coefficient (Wildman–Crippen LogP) is 3.84. The number of anilines is 1. The Morgan fingerprint density at radius 3 is 2.44 bits per heavy atom. The standard InChI is InChI=1S/C24H26N4O4S.ClH/c1-24(11-12-24)19-9-7-18(8-10-19)16-28(33(31,32)21-5-3-13-25-14-21)17-20-4-2-6-22(27-20)26-15-23(29)30;/h2-10,13-14H,11-12,15-17H2,1H3,(H,26,27)(H,29,30);1H. The zero-order valence-corrected chi connectivity index (χ0v) is 20.3. The molecule has 2 aromatic heterocycles. The minimum absolute atomic E-state index is 0. The van der Waals surface area contributed by atoms with Gasteiger partial charge in [-0.1, -0.05) is 37.3 Å². The van der Waals surface area contributed by atoms with Gasteiger partial charge in [0.25, 0.3) is 0 Å². The van der Waals surface area contributed by atoms with Gasteiger partial charge in [-0.15, -0.1) is 12.4 Å². The number of hydrogen-bond acceptors (Lipinski definition) is 6. The minimum Gasteiger partial charge on any atom is -0.480 e. The lowest BCUT2D eigenvalue weighted by molar-refractivity contribution is -0.134. The van der Waals surface area contributed by atoms with Crippen molar-refractivity contribution in [3.8, 4) is 0 Å². The molecule has 1 saturated carbocycles. The van der Waals surface area contributed by atoms with Crippen LogP contribution < -0.4 is 5.32 Å². The lowest BCUT2D eigenvalue weighted by Gasteiger charge is -2.22. The highest BCUT2D eigenvalue weighted by atomic mass is 35.5. The Morgan fingerprint density at radius 2 is 1.82 bits per heavy atom. The summed E-state index contributed by atoms with van der Waals surface area (Å²) < 4.78 is 28.2. The zero-order chi connectivity index (χ0) is 23.5. The Bertz CT molecular complexity index is 1230. The molecule has 0 bridgehead atoms. The predicted molar refractivity (Wildman–Crippen MR) is 131 cm³/mol. The SMILES string of the molecule is CC1(c2ccc(CN(Cc3cccc(NCC(=O)O)n3)S(=O)(=O)c3cccnc3)cc2)CC1.Cl. The first-order valence-corrected chi connectivity index (χ1v) is 12.1. The molecule has 1 aliphatic carbocycles. The number of rotatable bonds is 10. The van der Waals surface area contributed by atoms with E-state index in [4.69, 9.17) is 5.11 Å². The third-order valence-corrected chi connectivity index (χ3v) is 7.62. The molecule has 0 amide bonds. The molecule has 3 aromatic rings. The minimum atomic E-state index is -3.85. The number of carboxylic acids is 1. The normalized spacial score (nSPS) is 14.3. The number of carboxylic acid groups (broad SMARTS) is 1. The lowest BCUT2D eigenvalue weighted by Crippen LogP contribution is -2.31. The van der Waals surface area contributed by atoms with Crippen molar-refractivity contribution in [2.24, 2.45) is 0 Å². The molecule has 2 heterocycles. The first-order valence-electron chi connectivity index (χ1n) is 10.7. The number of halogens is 1. The lowest BCUT2D eigenvalue weighted by atomic mass is 9.97. The van der Waals surface area contributed by atoms with Crippen molar-refractivity contribution in [3.63, 3.8) is 0 Å². The Morgan fingerprint density at radius 1 is 1.09 bits per heavy atom. The fourth-order valence-electron chi connectivity index (χ4n) is 3.58. The maximum atomic E-state index is 13.4. The van der Waals surface area contributed by atoms with Crippen molar-refractivity contribution >= 4 is 34.2 Å². The van der Waals surface area contributed by atoms with Gasteiger partial charge in [0.2, 0.25) is 10.0 Å². The van der Waals surface area contributed by atoms with Crippen LogP contribution in [0.4, 0.5) is 5.82 Å². The average molecular weight is 503 g/mol. The zero-order valence-electron chi connectivity index (χ0n) is 18.7. The molecule has 1 aromatic carbocycles. The van der Waals surface area contributed by atoms with Crippen LogP contribution in [0.5, 0.6) is 0 Å². The summed E-state index contributed by atoms with van der Waals surface area (Å²) in [6.07, 6.45) is 5.20.